The third-order valence-electron chi connectivity index (χ3n) is 3.18. The van der Waals surface area contributed by atoms with Gasteiger partial charge in [0.1, 0.15) is 0 Å². The second kappa shape index (κ2) is 7.56. The minimum Gasteiger partial charge on any atom is -0.481 e. The zero-order chi connectivity index (χ0) is 16.1. The molecule has 116 valence electrons. The number of hydrogen-bond donors (Lipinski definition) is 1. The molecular weight excluding hydrogens is 366 g/mol. The Morgan fingerprint density at radius 2 is 1.86 bits per heavy atom. The van der Waals surface area contributed by atoms with Crippen LogP contribution in [0.3, 0.4) is 0 Å². The monoisotopic (exact) mass is 381 g/mol. The minimum atomic E-state index is -0.838. The van der Waals surface area contributed by atoms with Crippen molar-refractivity contribution in [2.75, 3.05) is 13.6 Å². The van der Waals surface area contributed by atoms with Crippen molar-refractivity contribution in [2.24, 2.45) is 0 Å². The van der Waals surface area contributed by atoms with E-state index in [0.717, 1.165) is 14.9 Å². The molecule has 0 atom stereocenters. The number of benzene rings is 1. The number of halogens is 1. The largest absolute Gasteiger partial charge is 0.481 e. The molecular formula is C16H16BrNO3S. The van der Waals surface area contributed by atoms with Gasteiger partial charge in [-0.15, -0.1) is 11.3 Å². The van der Waals surface area contributed by atoms with Crippen molar-refractivity contribution < 1.29 is 14.7 Å². The summed E-state index contributed by atoms with van der Waals surface area (Å²) in [6.07, 6.45) is 0.536. The highest BCUT2D eigenvalue weighted by Gasteiger charge is 2.15. The van der Waals surface area contributed by atoms with Crippen molar-refractivity contribution in [3.8, 4) is 10.4 Å². The number of carbonyl (C=O) groups is 2. The average Bonchev–Trinajstić information content (AvgIpc) is 2.96. The number of carboxylic acid groups (broad SMARTS) is 1. The molecule has 0 radical (unpaired) electrons. The molecule has 0 aliphatic carbocycles. The predicted molar refractivity (Wildman–Crippen MR) is 91.3 cm³/mol. The van der Waals surface area contributed by atoms with Crippen molar-refractivity contribution in [3.63, 3.8) is 0 Å². The van der Waals surface area contributed by atoms with Crippen molar-refractivity contribution in [1.82, 2.24) is 4.90 Å². The summed E-state index contributed by atoms with van der Waals surface area (Å²) >= 11 is 4.85. The number of aliphatic carboxylic acids is 1. The van der Waals surface area contributed by atoms with Crippen LogP contribution in [0, 0.1) is 0 Å². The quantitative estimate of drug-likeness (QED) is 0.818. The lowest BCUT2D eigenvalue weighted by Crippen LogP contribution is -2.27. The SMILES string of the molecule is CN(CCCC(=O)O)C(=O)c1ccc(-c2ccc(Br)cc2)s1. The molecule has 0 aliphatic heterocycles. The van der Waals surface area contributed by atoms with E-state index in [9.17, 15) is 9.59 Å². The molecule has 0 saturated carbocycles. The van der Waals surface area contributed by atoms with Crippen LogP contribution in [-0.4, -0.2) is 35.5 Å². The zero-order valence-electron chi connectivity index (χ0n) is 12.1. The molecule has 0 saturated heterocycles. The smallest absolute Gasteiger partial charge is 0.303 e. The normalized spacial score (nSPS) is 10.5. The minimum absolute atomic E-state index is 0.0706. The summed E-state index contributed by atoms with van der Waals surface area (Å²) in [5.74, 6) is -0.909. The van der Waals surface area contributed by atoms with Gasteiger partial charge < -0.3 is 10.0 Å². The van der Waals surface area contributed by atoms with Crippen LogP contribution < -0.4 is 0 Å². The van der Waals surface area contributed by atoms with Crippen LogP contribution in [0.1, 0.15) is 22.5 Å². The molecule has 1 aromatic heterocycles. The van der Waals surface area contributed by atoms with Crippen LogP contribution in [0.5, 0.6) is 0 Å². The summed E-state index contributed by atoms with van der Waals surface area (Å²) in [6.45, 7) is 0.441. The zero-order valence-corrected chi connectivity index (χ0v) is 14.5. The molecule has 1 heterocycles. The number of amides is 1. The first-order chi connectivity index (χ1) is 10.5. The Kier molecular flexibility index (Phi) is 5.74. The van der Waals surface area contributed by atoms with Crippen LogP contribution in [-0.2, 0) is 4.79 Å². The van der Waals surface area contributed by atoms with Crippen molar-refractivity contribution in [2.45, 2.75) is 12.8 Å². The third kappa shape index (κ3) is 4.42. The highest BCUT2D eigenvalue weighted by atomic mass is 79.9. The maximum Gasteiger partial charge on any atom is 0.303 e. The molecule has 4 nitrogen and oxygen atoms in total. The Labute approximate surface area is 141 Å². The summed E-state index contributed by atoms with van der Waals surface area (Å²) in [4.78, 5) is 26.1. The van der Waals surface area contributed by atoms with E-state index in [4.69, 9.17) is 5.11 Å². The van der Waals surface area contributed by atoms with Crippen LogP contribution >= 0.6 is 27.3 Å². The summed E-state index contributed by atoms with van der Waals surface area (Å²) < 4.78 is 1.02. The molecule has 0 bridgehead atoms. The van der Waals surface area contributed by atoms with Crippen molar-refractivity contribution in [3.05, 3.63) is 45.7 Å². The second-order valence-electron chi connectivity index (χ2n) is 4.89. The number of carboxylic acids is 1. The van der Waals surface area contributed by atoms with Gasteiger partial charge >= 0.3 is 5.97 Å². The van der Waals surface area contributed by atoms with E-state index in [1.807, 2.05) is 36.4 Å². The van der Waals surface area contributed by atoms with E-state index in [0.29, 0.717) is 17.8 Å². The van der Waals surface area contributed by atoms with Gasteiger partial charge in [0.15, 0.2) is 0 Å². The van der Waals surface area contributed by atoms with Gasteiger partial charge in [-0.1, -0.05) is 28.1 Å². The van der Waals surface area contributed by atoms with Crippen molar-refractivity contribution in [1.29, 1.82) is 0 Å². The van der Waals surface area contributed by atoms with Gasteiger partial charge in [0.2, 0.25) is 0 Å². The maximum absolute atomic E-state index is 12.3. The van der Waals surface area contributed by atoms with Gasteiger partial charge in [-0.2, -0.15) is 0 Å². The molecule has 22 heavy (non-hydrogen) atoms. The first-order valence-corrected chi connectivity index (χ1v) is 8.41. The van der Waals surface area contributed by atoms with Gasteiger partial charge in [0.05, 0.1) is 4.88 Å². The first kappa shape index (κ1) is 16.7. The number of thiophene rings is 1. The van der Waals surface area contributed by atoms with Gasteiger partial charge in [0.25, 0.3) is 5.91 Å². The average molecular weight is 382 g/mol. The second-order valence-corrected chi connectivity index (χ2v) is 6.89. The predicted octanol–water partition coefficient (Wildman–Crippen LogP) is 4.11. The molecule has 1 amide bonds. The van der Waals surface area contributed by atoms with Crippen LogP contribution in [0.15, 0.2) is 40.9 Å². The van der Waals surface area contributed by atoms with Gasteiger partial charge in [-0.3, -0.25) is 9.59 Å². The number of rotatable bonds is 6. The summed E-state index contributed by atoms with van der Waals surface area (Å²) in [7, 11) is 1.70. The fourth-order valence-corrected chi connectivity index (χ4v) is 3.25. The lowest BCUT2D eigenvalue weighted by Gasteiger charge is -2.15. The van der Waals surface area contributed by atoms with Gasteiger partial charge in [-0.05, 0) is 36.2 Å². The molecule has 1 aromatic carbocycles. The topological polar surface area (TPSA) is 57.6 Å². The fourth-order valence-electron chi connectivity index (χ4n) is 1.98. The summed E-state index contributed by atoms with van der Waals surface area (Å²) in [5, 5.41) is 8.63. The number of carbonyl (C=O) groups excluding carboxylic acids is 1. The standard InChI is InChI=1S/C16H16BrNO3S/c1-18(10-2-3-15(19)20)16(21)14-9-8-13(22-14)11-4-6-12(17)7-5-11/h4-9H,2-3,10H2,1H3,(H,19,20). The lowest BCUT2D eigenvalue weighted by atomic mass is 10.2. The highest BCUT2D eigenvalue weighted by Crippen LogP contribution is 2.29. The van der Waals surface area contributed by atoms with Gasteiger partial charge in [0, 0.05) is 29.4 Å². The van der Waals surface area contributed by atoms with Crippen molar-refractivity contribution >= 4 is 39.1 Å². The molecule has 6 heteroatoms. The van der Waals surface area contributed by atoms with E-state index < -0.39 is 5.97 Å². The van der Waals surface area contributed by atoms with E-state index in [1.165, 1.54) is 11.3 Å². The molecule has 2 aromatic rings. The third-order valence-corrected chi connectivity index (χ3v) is 4.83. The maximum atomic E-state index is 12.3. The molecule has 0 fully saturated rings. The molecule has 0 aliphatic rings. The van der Waals surface area contributed by atoms with Gasteiger partial charge in [-0.25, -0.2) is 0 Å². The van der Waals surface area contributed by atoms with E-state index in [-0.39, 0.29) is 12.3 Å². The first-order valence-electron chi connectivity index (χ1n) is 6.80. The van der Waals surface area contributed by atoms with E-state index in [1.54, 1.807) is 11.9 Å². The van der Waals surface area contributed by atoms with E-state index >= 15 is 0 Å². The Morgan fingerprint density at radius 3 is 2.50 bits per heavy atom. The fraction of sp³-hybridized carbons (Fsp3) is 0.250. The lowest BCUT2D eigenvalue weighted by molar-refractivity contribution is -0.137. The Hall–Kier alpha value is -1.66. The molecule has 2 rings (SSSR count). The Morgan fingerprint density at radius 1 is 1.18 bits per heavy atom. The van der Waals surface area contributed by atoms with Crippen LogP contribution in [0.2, 0.25) is 0 Å². The Balaban J connectivity index is 2.02. The molecule has 0 spiro atoms. The molecule has 1 N–H and O–H groups in total. The summed E-state index contributed by atoms with van der Waals surface area (Å²) in [6, 6.07) is 11.7. The highest BCUT2D eigenvalue weighted by molar-refractivity contribution is 9.10. The number of hydrogen-bond acceptors (Lipinski definition) is 3. The Bertz CT molecular complexity index is 666. The summed E-state index contributed by atoms with van der Waals surface area (Å²) in [5.41, 5.74) is 1.07. The number of nitrogens with zero attached hydrogens (tertiary/aromatic N) is 1. The van der Waals surface area contributed by atoms with Crippen LogP contribution in [0.4, 0.5) is 0 Å². The van der Waals surface area contributed by atoms with E-state index in [2.05, 4.69) is 15.9 Å². The molecule has 0 unspecified atom stereocenters. The van der Waals surface area contributed by atoms with Crippen LogP contribution in [0.25, 0.3) is 10.4 Å².